The van der Waals surface area contributed by atoms with Gasteiger partial charge in [0.2, 0.25) is 0 Å². The van der Waals surface area contributed by atoms with E-state index in [0.29, 0.717) is 0 Å². The molecule has 6 aromatic carbocycles. The molecule has 336 valence electrons. The molecule has 0 spiro atoms. The molecule has 3 heteroatoms. The molecule has 6 aromatic rings. The van der Waals surface area contributed by atoms with Crippen LogP contribution in [0.2, 0.25) is 13.1 Å². The van der Waals surface area contributed by atoms with Crippen molar-refractivity contribution in [3.63, 3.8) is 0 Å². The molecule has 2 aliphatic rings. The Morgan fingerprint density at radius 2 is 0.646 bits per heavy atom. The van der Waals surface area contributed by atoms with Gasteiger partial charge in [-0.1, -0.05) is 184 Å². The molecule has 0 N–H and O–H groups in total. The lowest BCUT2D eigenvalue weighted by Crippen LogP contribution is -2.42. The average Bonchev–Trinajstić information content (AvgIpc) is 3.77. The van der Waals surface area contributed by atoms with Crippen LogP contribution in [0, 0.1) is 55.4 Å². The van der Waals surface area contributed by atoms with Crippen molar-refractivity contribution in [3.8, 4) is 33.8 Å². The molecular formula is C62H72O2Si. The molecule has 2 atom stereocenters. The predicted molar refractivity (Wildman–Crippen MR) is 284 cm³/mol. The standard InChI is InChI=1S/C62H72O2Si/c1-35-19-36(2)24-43(23-35)47-31-49-51(33-53(61(9,10)11)57(63-15)55(49)45-27-39(5)21-40(6)28-45)59(47)65(17,18)60-48(44-25-37(3)20-38(4)26-44)32-50-52(60)34-54(62(12,13)14)58(64-16)56(50)46-29-41(7)22-42(8)30-46/h19-34,59-60H,1-18H3. The zero-order valence-corrected chi connectivity index (χ0v) is 43.7. The van der Waals surface area contributed by atoms with Crippen LogP contribution < -0.4 is 9.47 Å². The molecule has 0 bridgehead atoms. The third-order valence-electron chi connectivity index (χ3n) is 14.2. The number of rotatable bonds is 8. The second kappa shape index (κ2) is 16.5. The summed E-state index contributed by atoms with van der Waals surface area (Å²) in [5.41, 5.74) is 28.5. The maximum absolute atomic E-state index is 6.61. The summed E-state index contributed by atoms with van der Waals surface area (Å²) in [6.45, 7) is 37.4. The second-order valence-electron chi connectivity index (χ2n) is 22.6. The minimum atomic E-state index is -2.63. The average molecular weight is 877 g/mol. The lowest BCUT2D eigenvalue weighted by Gasteiger charge is -2.41. The van der Waals surface area contributed by atoms with Crippen molar-refractivity contribution in [2.45, 2.75) is 132 Å². The second-order valence-corrected chi connectivity index (χ2v) is 27.4. The highest BCUT2D eigenvalue weighted by Crippen LogP contribution is 2.61. The van der Waals surface area contributed by atoms with Crippen LogP contribution in [0.3, 0.4) is 0 Å². The number of ether oxygens (including phenoxy) is 2. The van der Waals surface area contributed by atoms with Gasteiger partial charge in [-0.05, 0) is 134 Å². The first-order valence-corrected chi connectivity index (χ1v) is 26.8. The third-order valence-corrected chi connectivity index (χ3v) is 18.4. The minimum absolute atomic E-state index is 0.158. The fraction of sp³-hybridized carbons (Fsp3) is 0.355. The lowest BCUT2D eigenvalue weighted by molar-refractivity contribution is 0.399. The number of aryl methyl sites for hydroxylation is 8. The maximum Gasteiger partial charge on any atom is 0.131 e. The lowest BCUT2D eigenvalue weighted by atomic mass is 9.81. The zero-order valence-electron chi connectivity index (χ0n) is 42.7. The molecule has 0 aliphatic heterocycles. The van der Waals surface area contributed by atoms with E-state index < -0.39 is 8.07 Å². The highest BCUT2D eigenvalue weighted by atomic mass is 28.3. The first-order chi connectivity index (χ1) is 30.4. The number of methoxy groups -OCH3 is 2. The SMILES string of the molecule is COc1c(C(C)(C)C)cc2c(c1-c1cc(C)cc(C)c1)C=C(c1cc(C)cc(C)c1)C2[Si](C)(C)C1C(c2cc(C)cc(C)c2)=Cc2c1cc(C(C)(C)C)c(OC)c2-c1cc(C)cc(C)c1. The van der Waals surface area contributed by atoms with E-state index in [4.69, 9.17) is 9.47 Å². The van der Waals surface area contributed by atoms with Gasteiger partial charge in [0.25, 0.3) is 0 Å². The summed E-state index contributed by atoms with van der Waals surface area (Å²) in [5.74, 6) is 1.97. The Labute approximate surface area is 392 Å². The summed E-state index contributed by atoms with van der Waals surface area (Å²) in [4.78, 5) is 0. The molecule has 8 rings (SSSR count). The fourth-order valence-corrected chi connectivity index (χ4v) is 16.4. The van der Waals surface area contributed by atoms with Gasteiger partial charge >= 0.3 is 0 Å². The minimum Gasteiger partial charge on any atom is -0.496 e. The van der Waals surface area contributed by atoms with Crippen LogP contribution in [-0.2, 0) is 10.8 Å². The van der Waals surface area contributed by atoms with Crippen LogP contribution >= 0.6 is 0 Å². The Balaban J connectivity index is 1.53. The third kappa shape index (κ3) is 8.28. The predicted octanol–water partition coefficient (Wildman–Crippen LogP) is 16.9. The highest BCUT2D eigenvalue weighted by Gasteiger charge is 2.51. The Morgan fingerprint density at radius 3 is 0.892 bits per heavy atom. The summed E-state index contributed by atoms with van der Waals surface area (Å²) in [7, 11) is 1.11. The Kier molecular flexibility index (Phi) is 11.7. The summed E-state index contributed by atoms with van der Waals surface area (Å²) in [6, 6.07) is 33.5. The number of hydrogen-bond donors (Lipinski definition) is 0. The highest BCUT2D eigenvalue weighted by molar-refractivity contribution is 6.84. The quantitative estimate of drug-likeness (QED) is 0.142. The van der Waals surface area contributed by atoms with E-state index in [1.54, 1.807) is 0 Å². The van der Waals surface area contributed by atoms with Crippen molar-refractivity contribution in [3.05, 3.63) is 174 Å². The monoisotopic (exact) mass is 877 g/mol. The van der Waals surface area contributed by atoms with E-state index in [2.05, 4.69) is 207 Å². The van der Waals surface area contributed by atoms with Crippen molar-refractivity contribution < 1.29 is 9.47 Å². The molecule has 2 unspecified atom stereocenters. The van der Waals surface area contributed by atoms with E-state index in [0.717, 1.165) is 11.5 Å². The zero-order chi connectivity index (χ0) is 47.2. The van der Waals surface area contributed by atoms with Gasteiger partial charge in [0, 0.05) is 33.3 Å². The number of fused-ring (bicyclic) bond motifs is 2. The van der Waals surface area contributed by atoms with Crippen molar-refractivity contribution in [1.82, 2.24) is 0 Å². The van der Waals surface area contributed by atoms with Gasteiger partial charge in [0.15, 0.2) is 0 Å². The van der Waals surface area contributed by atoms with Gasteiger partial charge in [-0.3, -0.25) is 0 Å². The topological polar surface area (TPSA) is 18.5 Å². The van der Waals surface area contributed by atoms with E-state index in [1.807, 2.05) is 14.2 Å². The summed E-state index contributed by atoms with van der Waals surface area (Å²) in [5, 5.41) is 0. The van der Waals surface area contributed by atoms with Gasteiger partial charge < -0.3 is 9.47 Å². The summed E-state index contributed by atoms with van der Waals surface area (Å²) < 4.78 is 13.2. The van der Waals surface area contributed by atoms with Crippen LogP contribution in [0.15, 0.2) is 84.9 Å². The summed E-state index contributed by atoms with van der Waals surface area (Å²) >= 11 is 0. The van der Waals surface area contributed by atoms with Crippen molar-refractivity contribution in [1.29, 1.82) is 0 Å². The van der Waals surface area contributed by atoms with Crippen molar-refractivity contribution >= 4 is 31.4 Å². The van der Waals surface area contributed by atoms with Crippen LogP contribution in [0.25, 0.3) is 45.6 Å². The first kappa shape index (κ1) is 46.2. The van der Waals surface area contributed by atoms with E-state index in [1.165, 1.54) is 122 Å². The molecule has 0 amide bonds. The van der Waals surface area contributed by atoms with Crippen LogP contribution in [0.4, 0.5) is 0 Å². The largest absolute Gasteiger partial charge is 0.496 e. The molecule has 0 fully saturated rings. The fourth-order valence-electron chi connectivity index (χ4n) is 11.9. The van der Waals surface area contributed by atoms with Crippen molar-refractivity contribution in [2.24, 2.45) is 0 Å². The van der Waals surface area contributed by atoms with E-state index in [-0.39, 0.29) is 21.9 Å². The van der Waals surface area contributed by atoms with Crippen molar-refractivity contribution in [2.75, 3.05) is 14.2 Å². The van der Waals surface area contributed by atoms with Gasteiger partial charge in [-0.15, -0.1) is 0 Å². The molecule has 2 aliphatic carbocycles. The molecule has 65 heavy (non-hydrogen) atoms. The molecular weight excluding hydrogens is 805 g/mol. The van der Waals surface area contributed by atoms with E-state index >= 15 is 0 Å². The number of benzene rings is 6. The van der Waals surface area contributed by atoms with Gasteiger partial charge in [0.1, 0.15) is 11.5 Å². The molecule has 2 nitrogen and oxygen atoms in total. The molecule has 0 saturated carbocycles. The number of allylic oxidation sites excluding steroid dienone is 2. The Bertz CT molecular complexity index is 2690. The van der Waals surface area contributed by atoms with Gasteiger partial charge in [-0.25, -0.2) is 0 Å². The van der Waals surface area contributed by atoms with Gasteiger partial charge in [0.05, 0.1) is 22.3 Å². The van der Waals surface area contributed by atoms with Crippen LogP contribution in [0.1, 0.15) is 142 Å². The maximum atomic E-state index is 6.61. The van der Waals surface area contributed by atoms with Gasteiger partial charge in [-0.2, -0.15) is 0 Å². The van der Waals surface area contributed by atoms with Crippen LogP contribution in [0.5, 0.6) is 11.5 Å². The Morgan fingerprint density at radius 1 is 0.385 bits per heavy atom. The Hall–Kier alpha value is -5.38. The number of hydrogen-bond acceptors (Lipinski definition) is 2. The molecule has 0 heterocycles. The molecule has 0 saturated heterocycles. The smallest absolute Gasteiger partial charge is 0.131 e. The van der Waals surface area contributed by atoms with Crippen LogP contribution in [-0.4, -0.2) is 22.3 Å². The van der Waals surface area contributed by atoms with E-state index in [9.17, 15) is 0 Å². The first-order valence-electron chi connectivity index (χ1n) is 23.7. The normalized spacial score (nSPS) is 16.0. The summed E-state index contributed by atoms with van der Waals surface area (Å²) in [6.07, 6.45) is 5.16. The molecule has 0 radical (unpaired) electrons. The molecule has 0 aromatic heterocycles.